The fraction of sp³-hybridized carbons (Fsp3) is 0.909. The molecule has 1 aliphatic rings. The number of rotatable bonds is 4. The van der Waals surface area contributed by atoms with Crippen LogP contribution in [0.4, 0.5) is 0 Å². The van der Waals surface area contributed by atoms with Gasteiger partial charge in [0.25, 0.3) is 0 Å². The Kier molecular flexibility index (Phi) is 3.91. The molecule has 0 radical (unpaired) electrons. The third-order valence-corrected chi connectivity index (χ3v) is 2.86. The molecule has 2 atom stereocenters. The van der Waals surface area contributed by atoms with E-state index in [1.807, 2.05) is 0 Å². The third-order valence-electron chi connectivity index (χ3n) is 2.86. The molecular weight excluding hydrogens is 164 g/mol. The summed E-state index contributed by atoms with van der Waals surface area (Å²) < 4.78 is 0. The molecule has 1 fully saturated rings. The summed E-state index contributed by atoms with van der Waals surface area (Å²) >= 11 is 0. The van der Waals surface area contributed by atoms with Gasteiger partial charge in [0.1, 0.15) is 5.78 Å². The van der Waals surface area contributed by atoms with Gasteiger partial charge in [0.2, 0.25) is 0 Å². The van der Waals surface area contributed by atoms with Crippen molar-refractivity contribution in [3.63, 3.8) is 0 Å². The number of hydrogen-bond donors (Lipinski definition) is 1. The molecule has 0 amide bonds. The zero-order valence-electron chi connectivity index (χ0n) is 8.62. The molecule has 0 aromatic carbocycles. The molecule has 2 heteroatoms. The van der Waals surface area contributed by atoms with Crippen molar-refractivity contribution in [3.8, 4) is 0 Å². The van der Waals surface area contributed by atoms with E-state index in [4.69, 9.17) is 0 Å². The van der Waals surface area contributed by atoms with E-state index in [0.29, 0.717) is 12.3 Å². The summed E-state index contributed by atoms with van der Waals surface area (Å²) in [5, 5.41) is 9.75. The molecule has 1 aliphatic carbocycles. The van der Waals surface area contributed by atoms with Crippen molar-refractivity contribution in [2.45, 2.75) is 52.1 Å². The first-order chi connectivity index (χ1) is 6.11. The van der Waals surface area contributed by atoms with E-state index < -0.39 is 0 Å². The number of Topliss-reactive ketones (excluding diaryl/α,β-unsaturated/α-hetero) is 1. The van der Waals surface area contributed by atoms with Crippen LogP contribution in [0.5, 0.6) is 0 Å². The van der Waals surface area contributed by atoms with Crippen LogP contribution < -0.4 is 0 Å². The monoisotopic (exact) mass is 184 g/mol. The summed E-state index contributed by atoms with van der Waals surface area (Å²) in [6.07, 6.45) is 3.99. The fourth-order valence-electron chi connectivity index (χ4n) is 1.95. The van der Waals surface area contributed by atoms with Crippen LogP contribution >= 0.6 is 0 Å². The molecule has 0 saturated heterocycles. The standard InChI is InChI=1S/C11H20O2/c1-8(2)6-7-11(13)9-4-3-5-10(9)12/h8-9,11,13H,3-7H2,1-2H3. The summed E-state index contributed by atoms with van der Waals surface area (Å²) in [7, 11) is 0. The maximum Gasteiger partial charge on any atom is 0.138 e. The van der Waals surface area contributed by atoms with Gasteiger partial charge in [-0.15, -0.1) is 0 Å². The first kappa shape index (κ1) is 10.7. The van der Waals surface area contributed by atoms with Gasteiger partial charge in [0, 0.05) is 12.3 Å². The van der Waals surface area contributed by atoms with Gasteiger partial charge in [0.15, 0.2) is 0 Å². The molecule has 1 N–H and O–H groups in total. The highest BCUT2D eigenvalue weighted by Gasteiger charge is 2.30. The molecule has 0 aliphatic heterocycles. The van der Waals surface area contributed by atoms with E-state index in [9.17, 15) is 9.90 Å². The summed E-state index contributed by atoms with van der Waals surface area (Å²) in [5.74, 6) is 0.848. The molecule has 1 saturated carbocycles. The number of hydrogen-bond acceptors (Lipinski definition) is 2. The lowest BCUT2D eigenvalue weighted by atomic mass is 9.93. The zero-order chi connectivity index (χ0) is 9.84. The van der Waals surface area contributed by atoms with E-state index in [0.717, 1.165) is 25.7 Å². The highest BCUT2D eigenvalue weighted by molar-refractivity contribution is 5.83. The normalized spacial score (nSPS) is 25.5. The molecule has 0 spiro atoms. The van der Waals surface area contributed by atoms with E-state index in [1.165, 1.54) is 0 Å². The van der Waals surface area contributed by atoms with Crippen LogP contribution in [0.15, 0.2) is 0 Å². The predicted molar refractivity (Wildman–Crippen MR) is 52.4 cm³/mol. The zero-order valence-corrected chi connectivity index (χ0v) is 8.62. The van der Waals surface area contributed by atoms with Crippen LogP contribution in [0.25, 0.3) is 0 Å². The first-order valence-corrected chi connectivity index (χ1v) is 5.32. The van der Waals surface area contributed by atoms with Gasteiger partial charge in [-0.05, 0) is 31.6 Å². The first-order valence-electron chi connectivity index (χ1n) is 5.32. The highest BCUT2D eigenvalue weighted by Crippen LogP contribution is 2.27. The van der Waals surface area contributed by atoms with Gasteiger partial charge in [-0.25, -0.2) is 0 Å². The van der Waals surface area contributed by atoms with Crippen molar-refractivity contribution in [3.05, 3.63) is 0 Å². The van der Waals surface area contributed by atoms with Crippen LogP contribution in [0.3, 0.4) is 0 Å². The van der Waals surface area contributed by atoms with E-state index in [2.05, 4.69) is 13.8 Å². The Bertz CT molecular complexity index is 175. The van der Waals surface area contributed by atoms with Crippen LogP contribution in [0, 0.1) is 11.8 Å². The third kappa shape index (κ3) is 3.11. The number of carbonyl (C=O) groups excluding carboxylic acids is 1. The van der Waals surface area contributed by atoms with Crippen molar-refractivity contribution < 1.29 is 9.90 Å². The van der Waals surface area contributed by atoms with Crippen LogP contribution in [0.2, 0.25) is 0 Å². The van der Waals surface area contributed by atoms with Gasteiger partial charge >= 0.3 is 0 Å². The second-order valence-electron chi connectivity index (χ2n) is 4.50. The Labute approximate surface area is 80.3 Å². The fourth-order valence-corrected chi connectivity index (χ4v) is 1.95. The molecule has 1 rings (SSSR count). The van der Waals surface area contributed by atoms with Crippen LogP contribution in [-0.2, 0) is 4.79 Å². The van der Waals surface area contributed by atoms with Crippen LogP contribution in [0.1, 0.15) is 46.0 Å². The maximum atomic E-state index is 11.3. The van der Waals surface area contributed by atoms with E-state index >= 15 is 0 Å². The van der Waals surface area contributed by atoms with Gasteiger partial charge in [-0.3, -0.25) is 4.79 Å². The number of carbonyl (C=O) groups is 1. The topological polar surface area (TPSA) is 37.3 Å². The lowest BCUT2D eigenvalue weighted by molar-refractivity contribution is -0.123. The Morgan fingerprint density at radius 3 is 2.62 bits per heavy atom. The number of aliphatic hydroxyl groups excluding tert-OH is 1. The lowest BCUT2D eigenvalue weighted by Gasteiger charge is -2.17. The molecular formula is C11H20O2. The summed E-state index contributed by atoms with van der Waals surface area (Å²) in [6, 6.07) is 0. The van der Waals surface area contributed by atoms with Crippen molar-refractivity contribution in [2.24, 2.45) is 11.8 Å². The van der Waals surface area contributed by atoms with Gasteiger partial charge < -0.3 is 5.11 Å². The lowest BCUT2D eigenvalue weighted by Crippen LogP contribution is -2.24. The van der Waals surface area contributed by atoms with Crippen molar-refractivity contribution >= 4 is 5.78 Å². The number of ketones is 1. The minimum Gasteiger partial charge on any atom is -0.392 e. The molecule has 0 heterocycles. The van der Waals surface area contributed by atoms with Gasteiger partial charge in [-0.1, -0.05) is 13.8 Å². The molecule has 0 aromatic heterocycles. The Morgan fingerprint density at radius 1 is 1.46 bits per heavy atom. The molecule has 2 unspecified atom stereocenters. The van der Waals surface area contributed by atoms with E-state index in [1.54, 1.807) is 0 Å². The van der Waals surface area contributed by atoms with Crippen molar-refractivity contribution in [1.82, 2.24) is 0 Å². The summed E-state index contributed by atoms with van der Waals surface area (Å²) in [4.78, 5) is 11.3. The number of aliphatic hydroxyl groups is 1. The van der Waals surface area contributed by atoms with Crippen molar-refractivity contribution in [2.75, 3.05) is 0 Å². The summed E-state index contributed by atoms with van der Waals surface area (Å²) in [6.45, 7) is 4.28. The largest absolute Gasteiger partial charge is 0.392 e. The minimum absolute atomic E-state index is 0.0428. The second kappa shape index (κ2) is 4.75. The molecule has 0 aromatic rings. The van der Waals surface area contributed by atoms with E-state index in [-0.39, 0.29) is 17.8 Å². The average molecular weight is 184 g/mol. The average Bonchev–Trinajstić information content (AvgIpc) is 2.47. The molecule has 76 valence electrons. The Balaban J connectivity index is 2.30. The second-order valence-corrected chi connectivity index (χ2v) is 4.50. The minimum atomic E-state index is -0.377. The van der Waals surface area contributed by atoms with Crippen molar-refractivity contribution in [1.29, 1.82) is 0 Å². The van der Waals surface area contributed by atoms with Gasteiger partial charge in [-0.2, -0.15) is 0 Å². The maximum absolute atomic E-state index is 11.3. The quantitative estimate of drug-likeness (QED) is 0.727. The smallest absolute Gasteiger partial charge is 0.138 e. The van der Waals surface area contributed by atoms with Gasteiger partial charge in [0.05, 0.1) is 6.10 Å². The molecule has 13 heavy (non-hydrogen) atoms. The SMILES string of the molecule is CC(C)CCC(O)C1CCCC1=O. The highest BCUT2D eigenvalue weighted by atomic mass is 16.3. The Morgan fingerprint density at radius 2 is 2.15 bits per heavy atom. The predicted octanol–water partition coefficient (Wildman–Crippen LogP) is 2.15. The summed E-state index contributed by atoms with van der Waals surface area (Å²) in [5.41, 5.74) is 0. The Hall–Kier alpha value is -0.370. The van der Waals surface area contributed by atoms with Crippen LogP contribution in [-0.4, -0.2) is 17.0 Å². The molecule has 0 bridgehead atoms. The molecule has 2 nitrogen and oxygen atoms in total.